The first-order valence-corrected chi connectivity index (χ1v) is 6.28. The molecule has 0 atom stereocenters. The molecule has 5 nitrogen and oxygen atoms in total. The molecule has 0 amide bonds. The topological polar surface area (TPSA) is 63.8 Å². The minimum absolute atomic E-state index is 0.104. The highest BCUT2D eigenvalue weighted by Crippen LogP contribution is 2.23. The second-order valence-corrected chi connectivity index (χ2v) is 4.51. The Morgan fingerprint density at radius 2 is 2.06 bits per heavy atom. The van der Waals surface area contributed by atoms with E-state index in [2.05, 4.69) is 15.3 Å². The van der Waals surface area contributed by atoms with Crippen LogP contribution in [0.25, 0.3) is 16.4 Å². The molecular formula is C12H10N4OS. The Kier molecular flexibility index (Phi) is 2.87. The van der Waals surface area contributed by atoms with E-state index in [1.165, 1.54) is 17.5 Å². The van der Waals surface area contributed by atoms with Crippen molar-refractivity contribution in [2.24, 2.45) is 0 Å². The van der Waals surface area contributed by atoms with Gasteiger partial charge in [-0.25, -0.2) is 4.98 Å². The Morgan fingerprint density at radius 3 is 2.83 bits per heavy atom. The number of hydrogen-bond donors (Lipinski definition) is 1. The van der Waals surface area contributed by atoms with Gasteiger partial charge in [0.05, 0.1) is 24.2 Å². The number of thiazole rings is 1. The molecule has 6 heteroatoms. The van der Waals surface area contributed by atoms with Gasteiger partial charge in [-0.1, -0.05) is 35.5 Å². The van der Waals surface area contributed by atoms with Crippen molar-refractivity contribution in [3.63, 3.8) is 0 Å². The summed E-state index contributed by atoms with van der Waals surface area (Å²) in [6, 6.07) is 9.93. The summed E-state index contributed by atoms with van der Waals surface area (Å²) >= 11 is 1.47. The van der Waals surface area contributed by atoms with Crippen LogP contribution in [0.15, 0.2) is 41.9 Å². The highest BCUT2D eigenvalue weighted by molar-refractivity contribution is 7.12. The van der Waals surface area contributed by atoms with Crippen molar-refractivity contribution < 1.29 is 5.11 Å². The molecule has 0 aliphatic carbocycles. The SMILES string of the molecule is OCc1cnnn1-c1nc(-c2ccccc2)cs1. The van der Waals surface area contributed by atoms with E-state index < -0.39 is 0 Å². The largest absolute Gasteiger partial charge is 0.390 e. The lowest BCUT2D eigenvalue weighted by atomic mass is 10.2. The molecule has 0 unspecified atom stereocenters. The van der Waals surface area contributed by atoms with E-state index in [0.717, 1.165) is 11.3 Å². The monoisotopic (exact) mass is 258 g/mol. The summed E-state index contributed by atoms with van der Waals surface area (Å²) in [6.45, 7) is -0.104. The van der Waals surface area contributed by atoms with E-state index in [0.29, 0.717) is 10.8 Å². The van der Waals surface area contributed by atoms with Crippen LogP contribution in [-0.2, 0) is 6.61 Å². The lowest BCUT2D eigenvalue weighted by Gasteiger charge is -1.98. The molecule has 90 valence electrons. The van der Waals surface area contributed by atoms with E-state index in [-0.39, 0.29) is 6.61 Å². The number of hydrogen-bond acceptors (Lipinski definition) is 5. The number of aliphatic hydroxyl groups excluding tert-OH is 1. The molecule has 3 rings (SSSR count). The normalized spacial score (nSPS) is 10.7. The fraction of sp³-hybridized carbons (Fsp3) is 0.0833. The maximum absolute atomic E-state index is 9.17. The smallest absolute Gasteiger partial charge is 0.212 e. The maximum Gasteiger partial charge on any atom is 0.212 e. The fourth-order valence-electron chi connectivity index (χ4n) is 1.63. The van der Waals surface area contributed by atoms with Crippen molar-refractivity contribution in [1.82, 2.24) is 20.0 Å². The summed E-state index contributed by atoms with van der Waals surface area (Å²) in [7, 11) is 0. The first-order chi connectivity index (χ1) is 8.88. The molecular weight excluding hydrogens is 248 g/mol. The van der Waals surface area contributed by atoms with Crippen molar-refractivity contribution in [2.45, 2.75) is 6.61 Å². The zero-order chi connectivity index (χ0) is 12.4. The second kappa shape index (κ2) is 4.67. The second-order valence-electron chi connectivity index (χ2n) is 3.68. The predicted molar refractivity (Wildman–Crippen MR) is 68.4 cm³/mol. The maximum atomic E-state index is 9.17. The molecule has 0 bridgehead atoms. The number of aromatic nitrogens is 4. The van der Waals surface area contributed by atoms with Crippen LogP contribution in [0, 0.1) is 0 Å². The van der Waals surface area contributed by atoms with Gasteiger partial charge in [-0.05, 0) is 0 Å². The minimum atomic E-state index is -0.104. The van der Waals surface area contributed by atoms with E-state index in [1.807, 2.05) is 35.7 Å². The number of rotatable bonds is 3. The summed E-state index contributed by atoms with van der Waals surface area (Å²) < 4.78 is 1.55. The quantitative estimate of drug-likeness (QED) is 0.779. The van der Waals surface area contributed by atoms with Crippen molar-refractivity contribution in [3.8, 4) is 16.4 Å². The Morgan fingerprint density at radius 1 is 1.22 bits per heavy atom. The third-order valence-corrected chi connectivity index (χ3v) is 3.34. The molecule has 0 radical (unpaired) electrons. The Balaban J connectivity index is 2.00. The molecule has 2 heterocycles. The first kappa shape index (κ1) is 11.1. The van der Waals surface area contributed by atoms with E-state index in [4.69, 9.17) is 5.11 Å². The zero-order valence-electron chi connectivity index (χ0n) is 9.39. The molecule has 0 saturated heterocycles. The molecule has 0 aliphatic heterocycles. The summed E-state index contributed by atoms with van der Waals surface area (Å²) in [5.41, 5.74) is 2.59. The van der Waals surface area contributed by atoms with Gasteiger partial charge in [0.2, 0.25) is 5.13 Å². The lowest BCUT2D eigenvalue weighted by molar-refractivity contribution is 0.273. The van der Waals surface area contributed by atoms with Gasteiger partial charge in [0, 0.05) is 10.9 Å². The van der Waals surface area contributed by atoms with Crippen LogP contribution >= 0.6 is 11.3 Å². The van der Waals surface area contributed by atoms with Crippen LogP contribution in [0.4, 0.5) is 0 Å². The Labute approximate surface area is 107 Å². The lowest BCUT2D eigenvalue weighted by Crippen LogP contribution is -2.01. The van der Waals surface area contributed by atoms with Gasteiger partial charge >= 0.3 is 0 Å². The van der Waals surface area contributed by atoms with Gasteiger partial charge in [-0.3, -0.25) is 0 Å². The highest BCUT2D eigenvalue weighted by Gasteiger charge is 2.10. The molecule has 0 fully saturated rings. The minimum Gasteiger partial charge on any atom is -0.390 e. The number of aliphatic hydroxyl groups is 1. The van der Waals surface area contributed by atoms with Gasteiger partial charge < -0.3 is 5.11 Å². The van der Waals surface area contributed by atoms with Gasteiger partial charge in [0.25, 0.3) is 0 Å². The predicted octanol–water partition coefficient (Wildman–Crippen LogP) is 1.88. The molecule has 0 aliphatic rings. The van der Waals surface area contributed by atoms with Crippen LogP contribution in [0.1, 0.15) is 5.69 Å². The van der Waals surface area contributed by atoms with Crippen molar-refractivity contribution in [2.75, 3.05) is 0 Å². The molecule has 0 spiro atoms. The summed E-state index contributed by atoms with van der Waals surface area (Å²) in [5, 5.41) is 19.5. The molecule has 2 aromatic heterocycles. The molecule has 3 aromatic rings. The summed E-state index contributed by atoms with van der Waals surface area (Å²) in [4.78, 5) is 4.50. The highest BCUT2D eigenvalue weighted by atomic mass is 32.1. The third-order valence-electron chi connectivity index (χ3n) is 2.52. The third kappa shape index (κ3) is 1.92. The van der Waals surface area contributed by atoms with Crippen LogP contribution in [0.2, 0.25) is 0 Å². The van der Waals surface area contributed by atoms with Gasteiger partial charge in [0.15, 0.2) is 0 Å². The molecule has 18 heavy (non-hydrogen) atoms. The number of benzene rings is 1. The van der Waals surface area contributed by atoms with Crippen molar-refractivity contribution >= 4 is 11.3 Å². The van der Waals surface area contributed by atoms with Crippen molar-refractivity contribution in [3.05, 3.63) is 47.6 Å². The summed E-state index contributed by atoms with van der Waals surface area (Å²) in [5.74, 6) is 0. The number of nitrogens with zero attached hydrogens (tertiary/aromatic N) is 4. The standard InChI is InChI=1S/C12H10N4OS/c17-7-10-6-13-15-16(10)12-14-11(8-18-12)9-4-2-1-3-5-9/h1-6,8,17H,7H2. The zero-order valence-corrected chi connectivity index (χ0v) is 10.2. The van der Waals surface area contributed by atoms with Gasteiger partial charge in [-0.2, -0.15) is 4.68 Å². The van der Waals surface area contributed by atoms with E-state index in [1.54, 1.807) is 4.68 Å². The average molecular weight is 258 g/mol. The van der Waals surface area contributed by atoms with Crippen LogP contribution in [-0.4, -0.2) is 25.1 Å². The van der Waals surface area contributed by atoms with Gasteiger partial charge in [-0.15, -0.1) is 16.4 Å². The van der Waals surface area contributed by atoms with Crippen LogP contribution in [0.3, 0.4) is 0 Å². The van der Waals surface area contributed by atoms with E-state index in [9.17, 15) is 0 Å². The van der Waals surface area contributed by atoms with Gasteiger partial charge in [0.1, 0.15) is 0 Å². The fourth-order valence-corrected chi connectivity index (χ4v) is 2.44. The van der Waals surface area contributed by atoms with Crippen LogP contribution in [0.5, 0.6) is 0 Å². The van der Waals surface area contributed by atoms with Crippen molar-refractivity contribution in [1.29, 1.82) is 0 Å². The van der Waals surface area contributed by atoms with E-state index >= 15 is 0 Å². The van der Waals surface area contributed by atoms with Crippen LogP contribution < -0.4 is 0 Å². The first-order valence-electron chi connectivity index (χ1n) is 5.40. The Hall–Kier alpha value is -2.05. The average Bonchev–Trinajstić information content (AvgIpc) is 3.08. The molecule has 1 aromatic carbocycles. The molecule has 1 N–H and O–H groups in total. The molecule has 0 saturated carbocycles. The Bertz CT molecular complexity index is 647. The summed E-state index contributed by atoms with van der Waals surface area (Å²) in [6.07, 6.45) is 1.53.